The molecule has 1 rings (SSSR count). The molecule has 1 aromatic rings. The van der Waals surface area contributed by atoms with Crippen LogP contribution in [0.1, 0.15) is 31.9 Å². The molecule has 0 amide bonds. The van der Waals surface area contributed by atoms with Crippen molar-refractivity contribution in [1.82, 2.24) is 0 Å². The smallest absolute Gasteiger partial charge is 0.406 e. The molecule has 0 N–H and O–H groups in total. The number of halogens is 6. The Hall–Kier alpha value is -1.40. The zero-order valence-electron chi connectivity index (χ0n) is 10.4. The first-order chi connectivity index (χ1) is 8.31. The van der Waals surface area contributed by atoms with Crippen LogP contribution in [0.25, 0.3) is 0 Å². The van der Waals surface area contributed by atoms with Crippen molar-refractivity contribution in [2.75, 3.05) is 0 Å². The molecule has 0 fully saturated rings. The number of hydrogen-bond donors (Lipinski definition) is 0. The monoisotopic (exact) mass is 286 g/mol. The van der Waals surface area contributed by atoms with Crippen LogP contribution in [0.5, 0.6) is 5.75 Å². The topological polar surface area (TPSA) is 9.23 Å². The van der Waals surface area contributed by atoms with Gasteiger partial charge in [-0.25, -0.2) is 0 Å². The van der Waals surface area contributed by atoms with Gasteiger partial charge in [-0.2, -0.15) is 13.2 Å². The van der Waals surface area contributed by atoms with Crippen molar-refractivity contribution in [1.29, 1.82) is 0 Å². The van der Waals surface area contributed by atoms with E-state index in [4.69, 9.17) is 0 Å². The van der Waals surface area contributed by atoms with Gasteiger partial charge in [0.05, 0.1) is 5.56 Å². The lowest BCUT2D eigenvalue weighted by Crippen LogP contribution is -2.21. The molecule has 19 heavy (non-hydrogen) atoms. The minimum absolute atomic E-state index is 0.0884. The van der Waals surface area contributed by atoms with Gasteiger partial charge >= 0.3 is 12.5 Å². The Balaban J connectivity index is 3.33. The van der Waals surface area contributed by atoms with Crippen molar-refractivity contribution in [2.45, 2.75) is 38.7 Å². The first-order valence-electron chi connectivity index (χ1n) is 5.28. The summed E-state index contributed by atoms with van der Waals surface area (Å²) in [6.45, 7) is 4.63. The molecule has 7 heteroatoms. The lowest BCUT2D eigenvalue weighted by atomic mass is 9.83. The van der Waals surface area contributed by atoms with E-state index in [1.54, 1.807) is 20.8 Å². The summed E-state index contributed by atoms with van der Waals surface area (Å²) in [5.41, 5.74) is -2.06. The third-order valence-electron chi connectivity index (χ3n) is 2.34. The van der Waals surface area contributed by atoms with E-state index in [1.807, 2.05) is 0 Å². The normalized spacial score (nSPS) is 13.5. The van der Waals surface area contributed by atoms with Crippen LogP contribution in [-0.4, -0.2) is 6.36 Å². The molecule has 1 nitrogen and oxygen atoms in total. The lowest BCUT2D eigenvalue weighted by molar-refractivity contribution is -0.274. The molecule has 0 saturated heterocycles. The summed E-state index contributed by atoms with van der Waals surface area (Å²) in [5, 5.41) is 0. The summed E-state index contributed by atoms with van der Waals surface area (Å²) in [6, 6.07) is 2.25. The second-order valence-corrected chi connectivity index (χ2v) is 5.00. The minimum Gasteiger partial charge on any atom is -0.406 e. The molecule has 108 valence electrons. The number of hydrogen-bond acceptors (Lipinski definition) is 1. The highest BCUT2D eigenvalue weighted by Crippen LogP contribution is 2.40. The average Bonchev–Trinajstić information content (AvgIpc) is 2.11. The molecule has 0 saturated carbocycles. The van der Waals surface area contributed by atoms with E-state index in [0.29, 0.717) is 6.07 Å². The Bertz CT molecular complexity index is 453. The highest BCUT2D eigenvalue weighted by atomic mass is 19.4. The molecule has 0 aromatic heterocycles. The summed E-state index contributed by atoms with van der Waals surface area (Å²) in [6.07, 6.45) is -9.76. The van der Waals surface area contributed by atoms with Crippen molar-refractivity contribution in [3.8, 4) is 5.75 Å². The molecule has 0 unspecified atom stereocenters. The summed E-state index contributed by atoms with van der Waals surface area (Å²) in [4.78, 5) is 0. The van der Waals surface area contributed by atoms with Crippen molar-refractivity contribution in [2.24, 2.45) is 0 Å². The zero-order valence-corrected chi connectivity index (χ0v) is 10.4. The molecule has 0 atom stereocenters. The highest BCUT2D eigenvalue weighted by molar-refractivity contribution is 5.41. The second-order valence-electron chi connectivity index (χ2n) is 5.00. The van der Waals surface area contributed by atoms with E-state index < -0.39 is 29.3 Å². The van der Waals surface area contributed by atoms with Gasteiger partial charge in [0.15, 0.2) is 0 Å². The predicted molar refractivity (Wildman–Crippen MR) is 56.8 cm³/mol. The maximum Gasteiger partial charge on any atom is 0.573 e. The highest BCUT2D eigenvalue weighted by Gasteiger charge is 2.38. The summed E-state index contributed by atoms with van der Waals surface area (Å²) in [5.74, 6) is -0.882. The first-order valence-corrected chi connectivity index (χ1v) is 5.28. The fourth-order valence-corrected chi connectivity index (χ4v) is 1.61. The summed E-state index contributed by atoms with van der Waals surface area (Å²) >= 11 is 0. The Morgan fingerprint density at radius 1 is 0.842 bits per heavy atom. The van der Waals surface area contributed by atoms with Gasteiger partial charge in [0.2, 0.25) is 0 Å². The van der Waals surface area contributed by atoms with Gasteiger partial charge in [-0.3, -0.25) is 0 Å². The van der Waals surface area contributed by atoms with Crippen molar-refractivity contribution in [3.05, 3.63) is 29.3 Å². The molecule has 0 aliphatic rings. The molecule has 0 heterocycles. The second kappa shape index (κ2) is 4.61. The van der Waals surface area contributed by atoms with Crippen LogP contribution in [0.15, 0.2) is 18.2 Å². The van der Waals surface area contributed by atoms with E-state index in [0.717, 1.165) is 12.1 Å². The van der Waals surface area contributed by atoms with E-state index in [2.05, 4.69) is 4.74 Å². The molecule has 1 aromatic carbocycles. The number of alkyl halides is 6. The van der Waals surface area contributed by atoms with Crippen LogP contribution in [0.4, 0.5) is 26.3 Å². The number of rotatable bonds is 1. The molecule has 0 radical (unpaired) electrons. The van der Waals surface area contributed by atoms with E-state index in [1.165, 1.54) is 0 Å². The molecule has 0 aliphatic heterocycles. The zero-order chi connectivity index (χ0) is 15.1. The van der Waals surface area contributed by atoms with Gasteiger partial charge in [-0.1, -0.05) is 26.8 Å². The molecule has 0 bridgehead atoms. The van der Waals surface area contributed by atoms with Gasteiger partial charge in [0.25, 0.3) is 0 Å². The molecular weight excluding hydrogens is 274 g/mol. The van der Waals surface area contributed by atoms with Crippen LogP contribution in [0, 0.1) is 0 Å². The van der Waals surface area contributed by atoms with Crippen molar-refractivity contribution >= 4 is 0 Å². The Morgan fingerprint density at radius 2 is 1.37 bits per heavy atom. The van der Waals surface area contributed by atoms with Crippen LogP contribution < -0.4 is 4.74 Å². The van der Waals surface area contributed by atoms with Crippen LogP contribution in [0.2, 0.25) is 0 Å². The van der Waals surface area contributed by atoms with E-state index >= 15 is 0 Å². The van der Waals surface area contributed by atoms with Gasteiger partial charge in [0, 0.05) is 0 Å². The molecular formula is C12H12F6O. The fourth-order valence-electron chi connectivity index (χ4n) is 1.61. The maximum absolute atomic E-state index is 12.9. The van der Waals surface area contributed by atoms with Crippen LogP contribution in [-0.2, 0) is 11.6 Å². The summed E-state index contributed by atoms with van der Waals surface area (Å²) < 4.78 is 78.1. The first kappa shape index (κ1) is 15.7. The van der Waals surface area contributed by atoms with Crippen molar-refractivity contribution < 1.29 is 31.1 Å². The van der Waals surface area contributed by atoms with Gasteiger partial charge in [0.1, 0.15) is 5.75 Å². The fraction of sp³-hybridized carbons (Fsp3) is 0.500. The third kappa shape index (κ3) is 4.33. The average molecular weight is 286 g/mol. The number of ether oxygens (including phenoxy) is 1. The largest absolute Gasteiger partial charge is 0.573 e. The minimum atomic E-state index is -5.02. The number of benzene rings is 1. The van der Waals surface area contributed by atoms with Crippen LogP contribution >= 0.6 is 0 Å². The van der Waals surface area contributed by atoms with E-state index in [-0.39, 0.29) is 5.56 Å². The Kier molecular flexibility index (Phi) is 3.80. The lowest BCUT2D eigenvalue weighted by Gasteiger charge is -2.24. The van der Waals surface area contributed by atoms with E-state index in [9.17, 15) is 26.3 Å². The maximum atomic E-state index is 12.9. The molecule has 0 spiro atoms. The Morgan fingerprint density at radius 3 is 1.74 bits per heavy atom. The van der Waals surface area contributed by atoms with Gasteiger partial charge in [-0.05, 0) is 23.1 Å². The van der Waals surface area contributed by atoms with Crippen LogP contribution in [0.3, 0.4) is 0 Å². The van der Waals surface area contributed by atoms with Gasteiger partial charge < -0.3 is 4.74 Å². The van der Waals surface area contributed by atoms with Crippen molar-refractivity contribution in [3.63, 3.8) is 0 Å². The third-order valence-corrected chi connectivity index (χ3v) is 2.34. The predicted octanol–water partition coefficient (Wildman–Crippen LogP) is 4.90. The molecule has 0 aliphatic carbocycles. The summed E-state index contributed by atoms with van der Waals surface area (Å²) in [7, 11) is 0. The Labute approximate surface area is 106 Å². The standard InChI is InChI=1S/C12H12F6O/c1-10(2,3)8-5-4-7(19-12(16,17)18)6-9(8)11(13,14)15/h4-6H,1-3H3. The quantitative estimate of drug-likeness (QED) is 0.667. The van der Waals surface area contributed by atoms with Gasteiger partial charge in [-0.15, -0.1) is 13.2 Å². The SMILES string of the molecule is CC(C)(C)c1ccc(OC(F)(F)F)cc1C(F)(F)F.